The maximum atomic E-state index is 11.9. The van der Waals surface area contributed by atoms with E-state index in [4.69, 9.17) is 16.0 Å². The molecule has 106 valence electrons. The van der Waals surface area contributed by atoms with Gasteiger partial charge in [0.05, 0.1) is 16.3 Å². The van der Waals surface area contributed by atoms with E-state index in [1.54, 1.807) is 18.2 Å². The first kappa shape index (κ1) is 13.5. The predicted molar refractivity (Wildman–Crippen MR) is 77.9 cm³/mol. The molecule has 2 heterocycles. The number of nitro groups is 1. The Balaban J connectivity index is 1.83. The molecule has 21 heavy (non-hydrogen) atoms. The van der Waals surface area contributed by atoms with E-state index in [2.05, 4.69) is 10.3 Å². The summed E-state index contributed by atoms with van der Waals surface area (Å²) in [5.41, 5.74) is 0.699. The number of nitrogens with one attached hydrogen (secondary N) is 1. The van der Waals surface area contributed by atoms with E-state index in [1.807, 2.05) is 0 Å². The lowest BCUT2D eigenvalue weighted by molar-refractivity contribution is -0.402. The third-order valence-electron chi connectivity index (χ3n) is 2.57. The lowest BCUT2D eigenvalue weighted by atomic mass is 10.3. The number of nitrogens with zero attached hydrogens (tertiary/aromatic N) is 2. The molecule has 0 spiro atoms. The van der Waals surface area contributed by atoms with Gasteiger partial charge >= 0.3 is 5.88 Å². The molecule has 0 bridgehead atoms. The van der Waals surface area contributed by atoms with Gasteiger partial charge in [0, 0.05) is 5.02 Å². The van der Waals surface area contributed by atoms with E-state index < -0.39 is 16.7 Å². The van der Waals surface area contributed by atoms with Crippen molar-refractivity contribution < 1.29 is 14.1 Å². The van der Waals surface area contributed by atoms with E-state index in [-0.39, 0.29) is 5.76 Å². The van der Waals surface area contributed by atoms with Crippen molar-refractivity contribution in [2.45, 2.75) is 0 Å². The summed E-state index contributed by atoms with van der Waals surface area (Å²) in [6.07, 6.45) is 0. The minimum Gasteiger partial charge on any atom is -0.395 e. The molecule has 0 saturated carbocycles. The fourth-order valence-electron chi connectivity index (χ4n) is 1.66. The molecule has 7 nitrogen and oxygen atoms in total. The quantitative estimate of drug-likeness (QED) is 0.585. The number of thiazole rings is 1. The van der Waals surface area contributed by atoms with Gasteiger partial charge in [-0.25, -0.2) is 4.98 Å². The average molecular weight is 324 g/mol. The topological polar surface area (TPSA) is 98.3 Å². The Kier molecular flexibility index (Phi) is 3.32. The smallest absolute Gasteiger partial charge is 0.395 e. The van der Waals surface area contributed by atoms with Crippen LogP contribution in [0.2, 0.25) is 5.02 Å². The number of aromatic nitrogens is 1. The SMILES string of the molecule is O=C(Nc1nc2ccc(Cl)cc2s1)c1ccc([N+](=O)[O-])o1. The van der Waals surface area contributed by atoms with Gasteiger partial charge < -0.3 is 4.42 Å². The Morgan fingerprint density at radius 1 is 1.38 bits per heavy atom. The van der Waals surface area contributed by atoms with Crippen LogP contribution >= 0.6 is 22.9 Å². The highest BCUT2D eigenvalue weighted by molar-refractivity contribution is 7.22. The van der Waals surface area contributed by atoms with Gasteiger partial charge in [0.25, 0.3) is 5.91 Å². The zero-order valence-electron chi connectivity index (χ0n) is 10.2. The summed E-state index contributed by atoms with van der Waals surface area (Å²) in [4.78, 5) is 25.9. The number of rotatable bonds is 3. The molecule has 1 amide bonds. The van der Waals surface area contributed by atoms with Gasteiger partial charge in [-0.15, -0.1) is 0 Å². The van der Waals surface area contributed by atoms with Crippen LogP contribution in [0, 0.1) is 10.1 Å². The van der Waals surface area contributed by atoms with Crippen molar-refractivity contribution in [2.75, 3.05) is 5.32 Å². The van der Waals surface area contributed by atoms with Gasteiger partial charge in [-0.1, -0.05) is 22.9 Å². The number of fused-ring (bicyclic) bond motifs is 1. The zero-order chi connectivity index (χ0) is 15.0. The average Bonchev–Trinajstić information content (AvgIpc) is 3.03. The second kappa shape index (κ2) is 5.15. The first-order valence-electron chi connectivity index (χ1n) is 5.64. The van der Waals surface area contributed by atoms with Crippen molar-refractivity contribution in [3.63, 3.8) is 0 Å². The Bertz CT molecular complexity index is 857. The fraction of sp³-hybridized carbons (Fsp3) is 0. The molecule has 0 aliphatic heterocycles. The monoisotopic (exact) mass is 323 g/mol. The Morgan fingerprint density at radius 3 is 2.90 bits per heavy atom. The van der Waals surface area contributed by atoms with Gasteiger partial charge in [-0.2, -0.15) is 0 Å². The number of hydrogen-bond acceptors (Lipinski definition) is 6. The van der Waals surface area contributed by atoms with Gasteiger partial charge in [-0.05, 0) is 24.3 Å². The highest BCUT2D eigenvalue weighted by Crippen LogP contribution is 2.28. The van der Waals surface area contributed by atoms with Crippen LogP contribution < -0.4 is 5.32 Å². The largest absolute Gasteiger partial charge is 0.433 e. The standard InChI is InChI=1S/C12H6ClN3O4S/c13-6-1-2-7-9(5-6)21-12(14-7)15-11(17)8-3-4-10(20-8)16(18)19/h1-5H,(H,14,15,17). The van der Waals surface area contributed by atoms with Crippen molar-refractivity contribution in [3.8, 4) is 0 Å². The minimum absolute atomic E-state index is 0.154. The highest BCUT2D eigenvalue weighted by atomic mass is 35.5. The summed E-state index contributed by atoms with van der Waals surface area (Å²) in [7, 11) is 0. The third-order valence-corrected chi connectivity index (χ3v) is 3.74. The van der Waals surface area contributed by atoms with Crippen molar-refractivity contribution in [2.24, 2.45) is 0 Å². The van der Waals surface area contributed by atoms with E-state index in [0.29, 0.717) is 15.7 Å². The number of furan rings is 1. The molecule has 1 aromatic carbocycles. The molecule has 9 heteroatoms. The lowest BCUT2D eigenvalue weighted by Crippen LogP contribution is -2.10. The van der Waals surface area contributed by atoms with Crippen LogP contribution in [0.25, 0.3) is 10.2 Å². The molecule has 3 aromatic rings. The Hall–Kier alpha value is -2.45. The van der Waals surface area contributed by atoms with Crippen molar-refractivity contribution in [1.82, 2.24) is 4.98 Å². The van der Waals surface area contributed by atoms with E-state index >= 15 is 0 Å². The second-order valence-electron chi connectivity index (χ2n) is 3.98. The lowest BCUT2D eigenvalue weighted by Gasteiger charge is -1.96. The summed E-state index contributed by atoms with van der Waals surface area (Å²) >= 11 is 7.12. The summed E-state index contributed by atoms with van der Waals surface area (Å²) in [5.74, 6) is -1.25. The van der Waals surface area contributed by atoms with Crippen LogP contribution in [0.4, 0.5) is 11.0 Å². The normalized spacial score (nSPS) is 10.7. The number of halogens is 1. The molecular formula is C12H6ClN3O4S. The fourth-order valence-corrected chi connectivity index (χ4v) is 2.80. The Labute approximate surface area is 126 Å². The minimum atomic E-state index is -0.712. The summed E-state index contributed by atoms with van der Waals surface area (Å²) < 4.78 is 5.64. The maximum Gasteiger partial charge on any atom is 0.433 e. The molecule has 0 atom stereocenters. The van der Waals surface area contributed by atoms with Crippen LogP contribution in [0.5, 0.6) is 0 Å². The maximum absolute atomic E-state index is 11.9. The molecule has 0 unspecified atom stereocenters. The number of benzene rings is 1. The summed E-state index contributed by atoms with van der Waals surface area (Å²) in [5, 5.41) is 14.0. The van der Waals surface area contributed by atoms with Crippen molar-refractivity contribution in [3.05, 3.63) is 51.2 Å². The first-order valence-corrected chi connectivity index (χ1v) is 6.84. The number of carbonyl (C=O) groups excluding carboxylic acids is 1. The second-order valence-corrected chi connectivity index (χ2v) is 5.45. The molecule has 1 N–H and O–H groups in total. The molecule has 0 aliphatic rings. The van der Waals surface area contributed by atoms with Crippen LogP contribution in [-0.2, 0) is 0 Å². The van der Waals surface area contributed by atoms with Crippen LogP contribution in [0.1, 0.15) is 10.6 Å². The molecule has 2 aromatic heterocycles. The zero-order valence-corrected chi connectivity index (χ0v) is 11.8. The first-order chi connectivity index (χ1) is 10.0. The summed E-state index contributed by atoms with van der Waals surface area (Å²) in [6, 6.07) is 7.53. The molecule has 3 rings (SSSR count). The van der Waals surface area contributed by atoms with Gasteiger partial charge in [0.15, 0.2) is 10.9 Å². The Morgan fingerprint density at radius 2 is 2.19 bits per heavy atom. The number of hydrogen-bond donors (Lipinski definition) is 1. The number of amides is 1. The van der Waals surface area contributed by atoms with Gasteiger partial charge in [0.2, 0.25) is 0 Å². The molecular weight excluding hydrogens is 318 g/mol. The van der Waals surface area contributed by atoms with E-state index in [1.165, 1.54) is 17.4 Å². The van der Waals surface area contributed by atoms with Gasteiger partial charge in [0.1, 0.15) is 4.92 Å². The van der Waals surface area contributed by atoms with Gasteiger partial charge in [-0.3, -0.25) is 20.2 Å². The third kappa shape index (κ3) is 2.71. The molecule has 0 radical (unpaired) electrons. The molecule has 0 fully saturated rings. The summed E-state index contributed by atoms with van der Waals surface area (Å²) in [6.45, 7) is 0. The number of carbonyl (C=O) groups is 1. The predicted octanol–water partition coefficient (Wildman–Crippen LogP) is 3.70. The van der Waals surface area contributed by atoms with E-state index in [0.717, 1.165) is 10.8 Å². The molecule has 0 saturated heterocycles. The van der Waals surface area contributed by atoms with Crippen LogP contribution in [0.15, 0.2) is 34.7 Å². The van der Waals surface area contributed by atoms with Crippen LogP contribution in [-0.4, -0.2) is 15.8 Å². The molecule has 0 aliphatic carbocycles. The van der Waals surface area contributed by atoms with Crippen molar-refractivity contribution in [1.29, 1.82) is 0 Å². The number of anilines is 1. The highest BCUT2D eigenvalue weighted by Gasteiger charge is 2.18. The van der Waals surface area contributed by atoms with Crippen molar-refractivity contribution >= 4 is 50.1 Å². The van der Waals surface area contributed by atoms with Crippen LogP contribution in [0.3, 0.4) is 0 Å². The van der Waals surface area contributed by atoms with E-state index in [9.17, 15) is 14.9 Å².